The maximum Gasteiger partial charge on any atom is 0.0490 e. The molecule has 2 heteroatoms. The molecule has 0 aliphatic rings. The van der Waals surface area contributed by atoms with Gasteiger partial charge in [-0.2, -0.15) is 0 Å². The summed E-state index contributed by atoms with van der Waals surface area (Å²) in [4.78, 5) is 0. The second kappa shape index (κ2) is 4.51. The van der Waals surface area contributed by atoms with Crippen LogP contribution in [-0.2, 0) is 6.54 Å². The van der Waals surface area contributed by atoms with E-state index in [-0.39, 0.29) is 0 Å². The van der Waals surface area contributed by atoms with E-state index in [9.17, 15) is 0 Å². The molecule has 0 N–H and O–H groups in total. The number of hydrogen-bond donors (Lipinski definition) is 0. The summed E-state index contributed by atoms with van der Waals surface area (Å²) in [6.07, 6.45) is 2.01. The summed E-state index contributed by atoms with van der Waals surface area (Å²) >= 11 is 5.89. The highest BCUT2D eigenvalue weighted by Gasteiger charge is 2.02. The van der Waals surface area contributed by atoms with E-state index in [0.29, 0.717) is 0 Å². The first kappa shape index (κ1) is 11.4. The molecule has 0 aliphatic heterocycles. The van der Waals surface area contributed by atoms with Gasteiger partial charge in [-0.25, -0.2) is 0 Å². The molecule has 0 amide bonds. The van der Waals surface area contributed by atoms with Crippen molar-refractivity contribution in [2.45, 2.75) is 13.5 Å². The SMILES string of the molecule is Cc1ccc2c([c]cn2Cc2ccc(Cl)cc2)c1. The monoisotopic (exact) mass is 254 g/mol. The molecule has 1 nitrogen and oxygen atoms in total. The summed E-state index contributed by atoms with van der Waals surface area (Å²) in [7, 11) is 0. The summed E-state index contributed by atoms with van der Waals surface area (Å²) in [6, 6.07) is 17.7. The number of benzene rings is 2. The average Bonchev–Trinajstić information content (AvgIpc) is 2.74. The number of nitrogens with zero attached hydrogens (tertiary/aromatic N) is 1. The quantitative estimate of drug-likeness (QED) is 0.637. The summed E-state index contributed by atoms with van der Waals surface area (Å²) < 4.78 is 2.21. The van der Waals surface area contributed by atoms with E-state index >= 15 is 0 Å². The number of aromatic nitrogens is 1. The van der Waals surface area contributed by atoms with Crippen LogP contribution in [-0.4, -0.2) is 4.57 Å². The van der Waals surface area contributed by atoms with Gasteiger partial charge in [0.15, 0.2) is 0 Å². The first-order chi connectivity index (χ1) is 8.72. The van der Waals surface area contributed by atoms with Gasteiger partial charge in [-0.3, -0.25) is 0 Å². The van der Waals surface area contributed by atoms with Gasteiger partial charge in [-0.1, -0.05) is 35.4 Å². The Morgan fingerprint density at radius 1 is 1.11 bits per heavy atom. The zero-order chi connectivity index (χ0) is 12.5. The van der Waals surface area contributed by atoms with Gasteiger partial charge in [0.2, 0.25) is 0 Å². The molecular weight excluding hydrogens is 242 g/mol. The van der Waals surface area contributed by atoms with Crippen molar-refractivity contribution in [2.75, 3.05) is 0 Å². The Kier molecular flexibility index (Phi) is 2.85. The van der Waals surface area contributed by atoms with Crippen molar-refractivity contribution in [3.05, 3.63) is 70.9 Å². The molecule has 2 aromatic carbocycles. The van der Waals surface area contributed by atoms with Crippen molar-refractivity contribution in [3.8, 4) is 0 Å². The molecule has 1 aromatic heterocycles. The van der Waals surface area contributed by atoms with Gasteiger partial charge in [0, 0.05) is 34.7 Å². The van der Waals surface area contributed by atoms with Gasteiger partial charge in [0.25, 0.3) is 0 Å². The summed E-state index contributed by atoms with van der Waals surface area (Å²) in [5.41, 5.74) is 3.73. The fourth-order valence-electron chi connectivity index (χ4n) is 2.15. The molecule has 0 atom stereocenters. The second-order valence-electron chi connectivity index (χ2n) is 4.55. The first-order valence-corrected chi connectivity index (χ1v) is 6.32. The normalized spacial score (nSPS) is 11.0. The van der Waals surface area contributed by atoms with Gasteiger partial charge in [0.1, 0.15) is 0 Å². The lowest BCUT2D eigenvalue weighted by atomic mass is 10.2. The molecule has 89 valence electrons. The van der Waals surface area contributed by atoms with Crippen LogP contribution in [0.1, 0.15) is 11.1 Å². The Hall–Kier alpha value is -1.73. The van der Waals surface area contributed by atoms with Gasteiger partial charge in [-0.05, 0) is 36.8 Å². The number of fused-ring (bicyclic) bond motifs is 1. The number of aryl methyl sites for hydroxylation is 1. The van der Waals surface area contributed by atoms with E-state index in [1.165, 1.54) is 22.0 Å². The molecule has 0 bridgehead atoms. The lowest BCUT2D eigenvalue weighted by molar-refractivity contribution is 0.836. The Bertz CT molecular complexity index is 680. The van der Waals surface area contributed by atoms with Crippen LogP contribution in [0.3, 0.4) is 0 Å². The van der Waals surface area contributed by atoms with E-state index in [0.717, 1.165) is 11.6 Å². The Morgan fingerprint density at radius 3 is 2.67 bits per heavy atom. The van der Waals surface area contributed by atoms with Crippen LogP contribution in [0.25, 0.3) is 10.9 Å². The summed E-state index contributed by atoms with van der Waals surface area (Å²) in [5.74, 6) is 0. The topological polar surface area (TPSA) is 4.93 Å². The zero-order valence-electron chi connectivity index (χ0n) is 10.2. The molecular formula is C16H13ClN. The zero-order valence-corrected chi connectivity index (χ0v) is 10.9. The predicted octanol–water partition coefficient (Wildman–Crippen LogP) is 4.45. The molecule has 18 heavy (non-hydrogen) atoms. The standard InChI is InChI=1S/C16H13ClN/c1-12-2-7-16-14(10-12)8-9-18(16)11-13-3-5-15(17)6-4-13/h2-7,9-10H,11H2,1H3. The first-order valence-electron chi connectivity index (χ1n) is 5.94. The largest absolute Gasteiger partial charge is 0.342 e. The van der Waals surface area contributed by atoms with Crippen molar-refractivity contribution in [3.63, 3.8) is 0 Å². The molecule has 0 aliphatic carbocycles. The minimum atomic E-state index is 0.776. The van der Waals surface area contributed by atoms with E-state index in [1.807, 2.05) is 18.3 Å². The van der Waals surface area contributed by atoms with Crippen LogP contribution in [0, 0.1) is 13.0 Å². The molecule has 3 aromatic rings. The third-order valence-electron chi connectivity index (χ3n) is 3.10. The molecule has 0 spiro atoms. The minimum absolute atomic E-state index is 0.776. The molecule has 0 saturated carbocycles. The molecule has 1 heterocycles. The van der Waals surface area contributed by atoms with Crippen LogP contribution in [0.5, 0.6) is 0 Å². The third-order valence-corrected chi connectivity index (χ3v) is 3.36. The highest BCUT2D eigenvalue weighted by Crippen LogP contribution is 2.19. The van der Waals surface area contributed by atoms with Crippen molar-refractivity contribution < 1.29 is 0 Å². The number of rotatable bonds is 2. The smallest absolute Gasteiger partial charge is 0.0490 e. The fraction of sp³-hybridized carbons (Fsp3) is 0.125. The van der Waals surface area contributed by atoms with Crippen molar-refractivity contribution >= 4 is 22.5 Å². The van der Waals surface area contributed by atoms with Crippen LogP contribution >= 0.6 is 11.6 Å². The molecule has 0 unspecified atom stereocenters. The average molecular weight is 255 g/mol. The number of hydrogen-bond acceptors (Lipinski definition) is 0. The Labute approximate surface area is 112 Å². The Balaban J connectivity index is 1.97. The molecule has 0 fully saturated rings. The van der Waals surface area contributed by atoms with E-state index in [1.54, 1.807) is 0 Å². The van der Waals surface area contributed by atoms with E-state index in [4.69, 9.17) is 11.6 Å². The summed E-state index contributed by atoms with van der Waals surface area (Å²) in [6.45, 7) is 2.95. The lowest BCUT2D eigenvalue weighted by Gasteiger charge is -2.06. The molecule has 3 rings (SSSR count). The van der Waals surface area contributed by atoms with E-state index < -0.39 is 0 Å². The maximum absolute atomic E-state index is 5.89. The molecule has 1 radical (unpaired) electrons. The maximum atomic E-state index is 5.89. The van der Waals surface area contributed by atoms with E-state index in [2.05, 4.69) is 47.9 Å². The van der Waals surface area contributed by atoms with Gasteiger partial charge >= 0.3 is 0 Å². The van der Waals surface area contributed by atoms with Crippen molar-refractivity contribution in [1.29, 1.82) is 0 Å². The highest BCUT2D eigenvalue weighted by molar-refractivity contribution is 6.30. The van der Waals surface area contributed by atoms with Gasteiger partial charge in [-0.15, -0.1) is 0 Å². The number of halogens is 1. The molecule has 0 saturated heterocycles. The van der Waals surface area contributed by atoms with Crippen LogP contribution < -0.4 is 0 Å². The predicted molar refractivity (Wildman–Crippen MR) is 76.1 cm³/mol. The third kappa shape index (κ3) is 2.14. The highest BCUT2D eigenvalue weighted by atomic mass is 35.5. The van der Waals surface area contributed by atoms with Crippen LogP contribution in [0.4, 0.5) is 0 Å². The van der Waals surface area contributed by atoms with Crippen LogP contribution in [0.15, 0.2) is 48.7 Å². The minimum Gasteiger partial charge on any atom is -0.342 e. The van der Waals surface area contributed by atoms with Gasteiger partial charge in [0.05, 0.1) is 0 Å². The fourth-order valence-corrected chi connectivity index (χ4v) is 2.28. The van der Waals surface area contributed by atoms with Crippen molar-refractivity contribution in [2.24, 2.45) is 0 Å². The second-order valence-corrected chi connectivity index (χ2v) is 4.98. The van der Waals surface area contributed by atoms with Crippen molar-refractivity contribution in [1.82, 2.24) is 4.57 Å². The lowest BCUT2D eigenvalue weighted by Crippen LogP contribution is -1.97. The Morgan fingerprint density at radius 2 is 1.89 bits per heavy atom. The van der Waals surface area contributed by atoms with Crippen LogP contribution in [0.2, 0.25) is 5.02 Å². The van der Waals surface area contributed by atoms with Gasteiger partial charge < -0.3 is 4.57 Å². The summed E-state index contributed by atoms with van der Waals surface area (Å²) in [5, 5.41) is 1.95.